The van der Waals surface area contributed by atoms with Gasteiger partial charge in [0.25, 0.3) is 0 Å². The van der Waals surface area contributed by atoms with Crippen molar-refractivity contribution >= 4 is 0 Å². The third kappa shape index (κ3) is 2.99. The maximum absolute atomic E-state index is 8.23. The lowest BCUT2D eigenvalue weighted by molar-refractivity contribution is 0.414. The van der Waals surface area contributed by atoms with Crippen LogP contribution in [0, 0.1) is 0 Å². The molecule has 76 valence electrons. The number of hydrogen-bond donors (Lipinski definition) is 0. The van der Waals surface area contributed by atoms with Crippen molar-refractivity contribution in [3.63, 3.8) is 0 Å². The summed E-state index contributed by atoms with van der Waals surface area (Å²) in [5.41, 5.74) is 9.22. The highest BCUT2D eigenvalue weighted by Gasteiger charge is 2.01. The molecule has 1 atom stereocenters. The van der Waals surface area contributed by atoms with Crippen LogP contribution in [0.5, 0.6) is 5.75 Å². The number of hydrogen-bond acceptors (Lipinski definition) is 2. The zero-order valence-corrected chi connectivity index (χ0v) is 7.64. The quantitative estimate of drug-likeness (QED) is 0.410. The molecular weight excluding hydrogens is 178 g/mol. The minimum Gasteiger partial charge on any atom is -0.497 e. The second kappa shape index (κ2) is 5.89. The van der Waals surface area contributed by atoms with Crippen molar-refractivity contribution in [1.29, 1.82) is 0 Å². The maximum Gasteiger partial charge on any atom is 0.118 e. The van der Waals surface area contributed by atoms with Crippen LogP contribution in [0.15, 0.2) is 29.4 Å². The van der Waals surface area contributed by atoms with Crippen LogP contribution in [0.2, 0.25) is 0 Å². The Balaban J connectivity index is 0.00000169. The Morgan fingerprint density at radius 2 is 1.93 bits per heavy atom. The molecule has 0 bridgehead atoms. The SMILES string of the molecule is C.COc1ccc(C(C)N=[N+]=[N-])cc1. The van der Waals surface area contributed by atoms with Gasteiger partial charge >= 0.3 is 0 Å². The molecule has 0 heterocycles. The fraction of sp³-hybridized carbons (Fsp3) is 0.400. The molecule has 0 aliphatic heterocycles. The van der Waals surface area contributed by atoms with Crippen molar-refractivity contribution in [2.75, 3.05) is 7.11 Å². The molecule has 0 fully saturated rings. The van der Waals surface area contributed by atoms with E-state index in [1.54, 1.807) is 7.11 Å². The highest BCUT2D eigenvalue weighted by molar-refractivity contribution is 5.28. The van der Waals surface area contributed by atoms with Gasteiger partial charge in [-0.05, 0) is 23.2 Å². The Morgan fingerprint density at radius 1 is 1.36 bits per heavy atom. The summed E-state index contributed by atoms with van der Waals surface area (Å²) in [7, 11) is 1.62. The normalized spacial score (nSPS) is 10.7. The lowest BCUT2D eigenvalue weighted by Gasteiger charge is -2.05. The molecule has 1 aromatic carbocycles. The second-order valence-electron chi connectivity index (χ2n) is 2.65. The van der Waals surface area contributed by atoms with Crippen molar-refractivity contribution in [3.8, 4) is 5.75 Å². The first-order valence-corrected chi connectivity index (χ1v) is 3.96. The average Bonchev–Trinajstić information content (AvgIpc) is 2.18. The molecule has 0 amide bonds. The van der Waals surface area contributed by atoms with Gasteiger partial charge in [0, 0.05) is 4.91 Å². The molecule has 0 N–H and O–H groups in total. The molecule has 4 heteroatoms. The summed E-state index contributed by atoms with van der Waals surface area (Å²) in [5.74, 6) is 0.803. The van der Waals surface area contributed by atoms with Crippen LogP contribution in [0.4, 0.5) is 0 Å². The van der Waals surface area contributed by atoms with E-state index in [-0.39, 0.29) is 13.5 Å². The molecule has 0 radical (unpaired) electrons. The van der Waals surface area contributed by atoms with Crippen LogP contribution < -0.4 is 4.74 Å². The van der Waals surface area contributed by atoms with Crippen LogP contribution in [0.1, 0.15) is 26.0 Å². The van der Waals surface area contributed by atoms with Gasteiger partial charge in [0.15, 0.2) is 0 Å². The van der Waals surface area contributed by atoms with E-state index in [0.717, 1.165) is 11.3 Å². The zero-order chi connectivity index (χ0) is 9.68. The van der Waals surface area contributed by atoms with Crippen molar-refractivity contribution in [2.45, 2.75) is 20.4 Å². The van der Waals surface area contributed by atoms with Gasteiger partial charge < -0.3 is 4.74 Å². The number of ether oxygens (including phenoxy) is 1. The third-order valence-electron chi connectivity index (χ3n) is 1.82. The van der Waals surface area contributed by atoms with Crippen molar-refractivity contribution in [3.05, 3.63) is 40.3 Å². The summed E-state index contributed by atoms with van der Waals surface area (Å²) in [5, 5.41) is 3.59. The van der Waals surface area contributed by atoms with E-state index in [2.05, 4.69) is 10.0 Å². The highest BCUT2D eigenvalue weighted by Crippen LogP contribution is 2.19. The molecule has 0 aliphatic carbocycles. The fourth-order valence-corrected chi connectivity index (χ4v) is 1.03. The monoisotopic (exact) mass is 193 g/mol. The third-order valence-corrected chi connectivity index (χ3v) is 1.82. The Labute approximate surface area is 84.1 Å². The van der Waals surface area contributed by atoms with Gasteiger partial charge in [-0.25, -0.2) is 0 Å². The molecule has 0 saturated carbocycles. The van der Waals surface area contributed by atoms with Crippen LogP contribution >= 0.6 is 0 Å². The first-order chi connectivity index (χ1) is 6.27. The standard InChI is InChI=1S/C9H11N3O.CH4/c1-7(11-12-10)8-3-5-9(13-2)6-4-8;/h3-7H,1-2H3;1H4. The van der Waals surface area contributed by atoms with Gasteiger partial charge in [0.05, 0.1) is 13.2 Å². The Morgan fingerprint density at radius 3 is 2.36 bits per heavy atom. The molecular formula is C10H15N3O. The predicted molar refractivity (Wildman–Crippen MR) is 57.3 cm³/mol. The molecule has 4 nitrogen and oxygen atoms in total. The summed E-state index contributed by atoms with van der Waals surface area (Å²) in [6.07, 6.45) is 0. The number of rotatable bonds is 3. The van der Waals surface area contributed by atoms with Crippen LogP contribution in [0.25, 0.3) is 10.4 Å². The van der Waals surface area contributed by atoms with E-state index in [4.69, 9.17) is 10.3 Å². The molecule has 0 aromatic heterocycles. The van der Waals surface area contributed by atoms with Gasteiger partial charge in [0.1, 0.15) is 5.75 Å². The summed E-state index contributed by atoms with van der Waals surface area (Å²) in [6, 6.07) is 7.34. The van der Waals surface area contributed by atoms with Crippen molar-refractivity contribution in [1.82, 2.24) is 0 Å². The summed E-state index contributed by atoms with van der Waals surface area (Å²) < 4.78 is 5.01. The fourth-order valence-electron chi connectivity index (χ4n) is 1.03. The van der Waals surface area contributed by atoms with Gasteiger partial charge in [-0.3, -0.25) is 0 Å². The average molecular weight is 193 g/mol. The molecule has 1 aromatic rings. The molecule has 14 heavy (non-hydrogen) atoms. The minimum absolute atomic E-state index is 0. The molecule has 0 aliphatic rings. The first-order valence-electron chi connectivity index (χ1n) is 3.96. The maximum atomic E-state index is 8.23. The van der Waals surface area contributed by atoms with Crippen LogP contribution in [-0.2, 0) is 0 Å². The number of nitrogens with zero attached hydrogens (tertiary/aromatic N) is 3. The Bertz CT molecular complexity index is 315. The number of benzene rings is 1. The van der Waals surface area contributed by atoms with E-state index in [1.807, 2.05) is 31.2 Å². The van der Waals surface area contributed by atoms with E-state index >= 15 is 0 Å². The van der Waals surface area contributed by atoms with Gasteiger partial charge in [-0.2, -0.15) is 0 Å². The van der Waals surface area contributed by atoms with Crippen LogP contribution in [0.3, 0.4) is 0 Å². The van der Waals surface area contributed by atoms with Crippen LogP contribution in [-0.4, -0.2) is 7.11 Å². The van der Waals surface area contributed by atoms with Gasteiger partial charge in [-0.1, -0.05) is 31.6 Å². The van der Waals surface area contributed by atoms with Crippen molar-refractivity contribution in [2.24, 2.45) is 5.11 Å². The predicted octanol–water partition coefficient (Wildman–Crippen LogP) is 3.70. The molecule has 1 unspecified atom stereocenters. The van der Waals surface area contributed by atoms with E-state index < -0.39 is 0 Å². The topological polar surface area (TPSA) is 58.0 Å². The minimum atomic E-state index is -0.129. The largest absolute Gasteiger partial charge is 0.497 e. The molecule has 1 rings (SSSR count). The van der Waals surface area contributed by atoms with E-state index in [0.29, 0.717) is 0 Å². The molecule has 0 spiro atoms. The van der Waals surface area contributed by atoms with Crippen molar-refractivity contribution < 1.29 is 4.74 Å². The first kappa shape index (κ1) is 12.3. The smallest absolute Gasteiger partial charge is 0.118 e. The van der Waals surface area contributed by atoms with Gasteiger partial charge in [0.2, 0.25) is 0 Å². The highest BCUT2D eigenvalue weighted by atomic mass is 16.5. The van der Waals surface area contributed by atoms with Gasteiger partial charge in [-0.15, -0.1) is 0 Å². The summed E-state index contributed by atoms with van der Waals surface area (Å²) in [6.45, 7) is 1.85. The summed E-state index contributed by atoms with van der Waals surface area (Å²) >= 11 is 0. The number of azide groups is 1. The zero-order valence-electron chi connectivity index (χ0n) is 7.64. The Kier molecular flexibility index (Phi) is 5.19. The van der Waals surface area contributed by atoms with E-state index in [9.17, 15) is 0 Å². The molecule has 0 saturated heterocycles. The second-order valence-corrected chi connectivity index (χ2v) is 2.65. The number of methoxy groups -OCH3 is 1. The lowest BCUT2D eigenvalue weighted by atomic mass is 10.1. The lowest BCUT2D eigenvalue weighted by Crippen LogP contribution is -1.88. The summed E-state index contributed by atoms with van der Waals surface area (Å²) in [4.78, 5) is 2.75. The van der Waals surface area contributed by atoms with E-state index in [1.165, 1.54) is 0 Å². The Hall–Kier alpha value is -1.67.